The van der Waals surface area contributed by atoms with Crippen LogP contribution in [0.1, 0.15) is 60.3 Å². The van der Waals surface area contributed by atoms with Crippen LogP contribution in [0.25, 0.3) is 0 Å². The predicted molar refractivity (Wildman–Crippen MR) is 71.1 cm³/mol. The summed E-state index contributed by atoms with van der Waals surface area (Å²) in [5.41, 5.74) is 0.00487. The van der Waals surface area contributed by atoms with Crippen LogP contribution in [0.2, 0.25) is 0 Å². The minimum atomic E-state index is -0.629. The van der Waals surface area contributed by atoms with Crippen molar-refractivity contribution in [3.05, 3.63) is 0 Å². The average molecular weight is 260 g/mol. The summed E-state index contributed by atoms with van der Waals surface area (Å²) in [5.74, 6) is -0.629. The van der Waals surface area contributed by atoms with E-state index in [0.29, 0.717) is 6.42 Å². The molecule has 0 saturated heterocycles. The molecule has 0 aliphatic heterocycles. The standard InChI is InChI=1S/C14H28O4/c1-6-8-11(7-2)17-13(9-14(3,4)5)18-12(16)10-15/h11,13,15H,6-10H2,1-5H3. The summed E-state index contributed by atoms with van der Waals surface area (Å²) in [4.78, 5) is 11.2. The molecule has 0 aliphatic rings. The van der Waals surface area contributed by atoms with E-state index in [0.717, 1.165) is 19.3 Å². The zero-order chi connectivity index (χ0) is 14.2. The van der Waals surface area contributed by atoms with Crippen molar-refractivity contribution in [3.63, 3.8) is 0 Å². The number of rotatable bonds is 8. The van der Waals surface area contributed by atoms with Crippen LogP contribution in [0.15, 0.2) is 0 Å². The lowest BCUT2D eigenvalue weighted by Gasteiger charge is -2.29. The summed E-state index contributed by atoms with van der Waals surface area (Å²) in [7, 11) is 0. The van der Waals surface area contributed by atoms with Crippen LogP contribution in [0.3, 0.4) is 0 Å². The van der Waals surface area contributed by atoms with Gasteiger partial charge in [0.25, 0.3) is 0 Å². The molecule has 0 aromatic heterocycles. The summed E-state index contributed by atoms with van der Waals surface area (Å²) in [6, 6.07) is 0. The van der Waals surface area contributed by atoms with Crippen molar-refractivity contribution in [1.82, 2.24) is 0 Å². The third-order valence-corrected chi connectivity index (χ3v) is 2.58. The highest BCUT2D eigenvalue weighted by Gasteiger charge is 2.24. The van der Waals surface area contributed by atoms with E-state index in [1.54, 1.807) is 0 Å². The summed E-state index contributed by atoms with van der Waals surface area (Å²) in [6.45, 7) is 9.76. The topological polar surface area (TPSA) is 55.8 Å². The molecule has 18 heavy (non-hydrogen) atoms. The number of hydrogen-bond acceptors (Lipinski definition) is 4. The van der Waals surface area contributed by atoms with Gasteiger partial charge in [-0.1, -0.05) is 41.0 Å². The number of hydrogen-bond donors (Lipinski definition) is 1. The highest BCUT2D eigenvalue weighted by molar-refractivity contribution is 5.70. The molecule has 2 atom stereocenters. The molecule has 0 aromatic carbocycles. The van der Waals surface area contributed by atoms with Crippen LogP contribution in [0.4, 0.5) is 0 Å². The largest absolute Gasteiger partial charge is 0.434 e. The quantitative estimate of drug-likeness (QED) is 0.538. The van der Waals surface area contributed by atoms with Gasteiger partial charge in [-0.2, -0.15) is 0 Å². The molecule has 0 amide bonds. The molecule has 0 fully saturated rings. The van der Waals surface area contributed by atoms with Gasteiger partial charge in [0, 0.05) is 6.42 Å². The first-order valence-corrected chi connectivity index (χ1v) is 6.78. The van der Waals surface area contributed by atoms with Gasteiger partial charge in [-0.15, -0.1) is 0 Å². The molecule has 0 rings (SSSR count). The van der Waals surface area contributed by atoms with Crippen molar-refractivity contribution in [2.45, 2.75) is 72.7 Å². The normalized spacial score (nSPS) is 15.2. The zero-order valence-electron chi connectivity index (χ0n) is 12.4. The maximum absolute atomic E-state index is 11.2. The highest BCUT2D eigenvalue weighted by atomic mass is 16.7. The van der Waals surface area contributed by atoms with Crippen molar-refractivity contribution in [2.75, 3.05) is 6.61 Å². The van der Waals surface area contributed by atoms with Gasteiger partial charge in [-0.3, -0.25) is 0 Å². The fourth-order valence-corrected chi connectivity index (χ4v) is 1.71. The van der Waals surface area contributed by atoms with Gasteiger partial charge in [0.05, 0.1) is 6.10 Å². The van der Waals surface area contributed by atoms with Crippen LogP contribution in [0, 0.1) is 5.41 Å². The van der Waals surface area contributed by atoms with Gasteiger partial charge in [0.1, 0.15) is 6.61 Å². The molecule has 108 valence electrons. The number of carbonyl (C=O) groups excluding carboxylic acids is 1. The number of aliphatic hydroxyl groups excluding tert-OH is 1. The van der Waals surface area contributed by atoms with Crippen LogP contribution < -0.4 is 0 Å². The van der Waals surface area contributed by atoms with Crippen LogP contribution >= 0.6 is 0 Å². The lowest BCUT2D eigenvalue weighted by Crippen LogP contribution is -2.31. The Bertz CT molecular complexity index is 232. The first-order valence-electron chi connectivity index (χ1n) is 6.78. The molecule has 1 N–H and O–H groups in total. The SMILES string of the molecule is CCCC(CC)OC(CC(C)(C)C)OC(=O)CO. The molecule has 0 spiro atoms. The molecule has 0 aliphatic carbocycles. The molecule has 2 unspecified atom stereocenters. The summed E-state index contributed by atoms with van der Waals surface area (Å²) in [6.07, 6.45) is 3.04. The first-order chi connectivity index (χ1) is 8.32. The second-order valence-corrected chi connectivity index (χ2v) is 5.80. The van der Waals surface area contributed by atoms with Gasteiger partial charge in [-0.05, 0) is 18.3 Å². The average Bonchev–Trinajstić information content (AvgIpc) is 2.25. The van der Waals surface area contributed by atoms with Crippen LogP contribution in [0.5, 0.6) is 0 Å². The molecule has 0 aromatic rings. The fraction of sp³-hybridized carbons (Fsp3) is 0.929. The highest BCUT2D eigenvalue weighted by Crippen LogP contribution is 2.25. The fourth-order valence-electron chi connectivity index (χ4n) is 1.71. The molecular formula is C14H28O4. The van der Waals surface area contributed by atoms with Crippen molar-refractivity contribution < 1.29 is 19.4 Å². The lowest BCUT2D eigenvalue weighted by atomic mass is 9.92. The first kappa shape index (κ1) is 17.4. The Kier molecular flexibility index (Phi) is 8.20. The van der Waals surface area contributed by atoms with Gasteiger partial charge in [-0.25, -0.2) is 4.79 Å². The van der Waals surface area contributed by atoms with E-state index in [4.69, 9.17) is 14.6 Å². The summed E-state index contributed by atoms with van der Waals surface area (Å²) >= 11 is 0. The van der Waals surface area contributed by atoms with E-state index in [-0.39, 0.29) is 11.5 Å². The summed E-state index contributed by atoms with van der Waals surface area (Å²) < 4.78 is 11.0. The Hall–Kier alpha value is -0.610. The van der Waals surface area contributed by atoms with E-state index in [1.165, 1.54) is 0 Å². The third-order valence-electron chi connectivity index (χ3n) is 2.58. The van der Waals surface area contributed by atoms with Crippen molar-refractivity contribution in [1.29, 1.82) is 0 Å². The second-order valence-electron chi connectivity index (χ2n) is 5.80. The lowest BCUT2D eigenvalue weighted by molar-refractivity contribution is -0.200. The second kappa shape index (κ2) is 8.48. The summed E-state index contributed by atoms with van der Waals surface area (Å²) in [5, 5.41) is 8.75. The number of ether oxygens (including phenoxy) is 2. The van der Waals surface area contributed by atoms with Gasteiger partial charge < -0.3 is 14.6 Å². The smallest absolute Gasteiger partial charge is 0.334 e. The molecule has 0 heterocycles. The monoisotopic (exact) mass is 260 g/mol. The van der Waals surface area contributed by atoms with Gasteiger partial charge in [0.2, 0.25) is 6.29 Å². The zero-order valence-corrected chi connectivity index (χ0v) is 12.4. The Labute approximate surface area is 111 Å². The molecule has 0 radical (unpaired) electrons. The van der Waals surface area contributed by atoms with Crippen molar-refractivity contribution in [2.24, 2.45) is 5.41 Å². The third kappa shape index (κ3) is 8.48. The Balaban J connectivity index is 4.49. The van der Waals surface area contributed by atoms with Gasteiger partial charge >= 0.3 is 5.97 Å². The van der Waals surface area contributed by atoms with Crippen LogP contribution in [-0.4, -0.2) is 30.1 Å². The maximum Gasteiger partial charge on any atom is 0.334 e. The molecule has 4 heteroatoms. The molecule has 0 saturated carbocycles. The maximum atomic E-state index is 11.2. The van der Waals surface area contributed by atoms with E-state index >= 15 is 0 Å². The molecule has 4 nitrogen and oxygen atoms in total. The number of carbonyl (C=O) groups is 1. The Morgan fingerprint density at radius 3 is 2.28 bits per heavy atom. The number of aliphatic hydroxyl groups is 1. The Morgan fingerprint density at radius 1 is 1.28 bits per heavy atom. The van der Waals surface area contributed by atoms with Crippen molar-refractivity contribution in [3.8, 4) is 0 Å². The minimum Gasteiger partial charge on any atom is -0.434 e. The predicted octanol–water partition coefficient (Wildman–Crippen LogP) is 2.88. The molecule has 0 bridgehead atoms. The van der Waals surface area contributed by atoms with Gasteiger partial charge in [0.15, 0.2) is 0 Å². The van der Waals surface area contributed by atoms with Crippen molar-refractivity contribution >= 4 is 5.97 Å². The van der Waals surface area contributed by atoms with E-state index in [9.17, 15) is 4.79 Å². The van der Waals surface area contributed by atoms with E-state index in [1.807, 2.05) is 0 Å². The Morgan fingerprint density at radius 2 is 1.89 bits per heavy atom. The van der Waals surface area contributed by atoms with E-state index < -0.39 is 18.9 Å². The molecular weight excluding hydrogens is 232 g/mol. The van der Waals surface area contributed by atoms with Crippen LogP contribution in [-0.2, 0) is 14.3 Å². The number of esters is 1. The van der Waals surface area contributed by atoms with E-state index in [2.05, 4.69) is 34.6 Å². The minimum absolute atomic E-state index is 0.00487.